The minimum atomic E-state index is -0.0309. The van der Waals surface area contributed by atoms with Crippen molar-refractivity contribution in [2.45, 2.75) is 5.44 Å². The fourth-order valence-electron chi connectivity index (χ4n) is 1.79. The van der Waals surface area contributed by atoms with E-state index in [1.165, 1.54) is 0 Å². The average molecular weight is 267 g/mol. The van der Waals surface area contributed by atoms with Gasteiger partial charge in [-0.1, -0.05) is 83.7 Å². The highest BCUT2D eigenvalue weighted by molar-refractivity contribution is 8.14. The average Bonchev–Trinajstić information content (AvgIpc) is 2.96. The molecule has 1 aliphatic rings. The van der Waals surface area contributed by atoms with Gasteiger partial charge in [0.2, 0.25) is 5.44 Å². The van der Waals surface area contributed by atoms with E-state index in [0.29, 0.717) is 0 Å². The van der Waals surface area contributed by atoms with Crippen LogP contribution in [0.2, 0.25) is 0 Å². The van der Waals surface area contributed by atoms with Gasteiger partial charge in [-0.05, 0) is 11.6 Å². The molecular weight excluding hydrogens is 254 g/mol. The van der Waals surface area contributed by atoms with E-state index in [-0.39, 0.29) is 5.44 Å². The molecule has 19 heavy (non-hydrogen) atoms. The van der Waals surface area contributed by atoms with Crippen LogP contribution < -0.4 is 0 Å². The Morgan fingerprint density at radius 2 is 1.58 bits per heavy atom. The summed E-state index contributed by atoms with van der Waals surface area (Å²) in [5.41, 5.74) is 2.27. The standard InChI is InChI=1S/C16H13NOS/c1-3-7-13(8-4-1)11-12-15-17-18-16(19-15)14-9-5-2-6-10-14/h1-12,16H/b12-11+. The van der Waals surface area contributed by atoms with E-state index in [4.69, 9.17) is 4.84 Å². The number of benzene rings is 2. The third-order valence-electron chi connectivity index (χ3n) is 2.76. The summed E-state index contributed by atoms with van der Waals surface area (Å²) in [4.78, 5) is 5.44. The number of thioether (sulfide) groups is 1. The molecule has 3 rings (SSSR count). The summed E-state index contributed by atoms with van der Waals surface area (Å²) in [6, 6.07) is 20.3. The maximum absolute atomic E-state index is 5.44. The van der Waals surface area contributed by atoms with Gasteiger partial charge >= 0.3 is 0 Å². The summed E-state index contributed by atoms with van der Waals surface area (Å²) in [7, 11) is 0. The number of oxime groups is 1. The Morgan fingerprint density at radius 3 is 2.32 bits per heavy atom. The smallest absolute Gasteiger partial charge is 0.204 e. The minimum absolute atomic E-state index is 0.0309. The molecule has 1 heterocycles. The largest absolute Gasteiger partial charge is 0.375 e. The first kappa shape index (κ1) is 12.1. The Morgan fingerprint density at radius 1 is 0.895 bits per heavy atom. The van der Waals surface area contributed by atoms with E-state index in [0.717, 1.165) is 16.2 Å². The molecule has 2 aromatic rings. The zero-order chi connectivity index (χ0) is 12.9. The zero-order valence-electron chi connectivity index (χ0n) is 10.3. The van der Waals surface area contributed by atoms with Crippen LogP contribution in [-0.2, 0) is 4.84 Å². The molecule has 1 atom stereocenters. The number of hydrogen-bond acceptors (Lipinski definition) is 3. The van der Waals surface area contributed by atoms with Crippen LogP contribution >= 0.6 is 11.8 Å². The summed E-state index contributed by atoms with van der Waals surface area (Å²) in [5.74, 6) is 0. The SMILES string of the molecule is C(=C\c1ccccc1)/C1=NOC(c2ccccc2)S1. The predicted octanol–water partition coefficient (Wildman–Crippen LogP) is 4.48. The van der Waals surface area contributed by atoms with Gasteiger partial charge in [0, 0.05) is 5.56 Å². The molecule has 1 unspecified atom stereocenters. The first-order chi connectivity index (χ1) is 9.42. The van der Waals surface area contributed by atoms with Crippen molar-refractivity contribution in [2.75, 3.05) is 0 Å². The molecule has 0 spiro atoms. The lowest BCUT2D eigenvalue weighted by molar-refractivity contribution is 0.131. The van der Waals surface area contributed by atoms with Crippen LogP contribution in [0.3, 0.4) is 0 Å². The zero-order valence-corrected chi connectivity index (χ0v) is 11.1. The van der Waals surface area contributed by atoms with Gasteiger partial charge in [-0.2, -0.15) is 0 Å². The summed E-state index contributed by atoms with van der Waals surface area (Å²) in [6.45, 7) is 0. The molecule has 0 radical (unpaired) electrons. The predicted molar refractivity (Wildman–Crippen MR) is 80.8 cm³/mol. The second kappa shape index (κ2) is 5.76. The molecule has 1 aliphatic heterocycles. The number of rotatable bonds is 3. The van der Waals surface area contributed by atoms with Gasteiger partial charge in [0.1, 0.15) is 5.04 Å². The maximum atomic E-state index is 5.44. The molecule has 0 bridgehead atoms. The second-order valence-corrected chi connectivity index (χ2v) is 5.22. The van der Waals surface area contributed by atoms with Gasteiger partial charge in [0.25, 0.3) is 0 Å². The summed E-state index contributed by atoms with van der Waals surface area (Å²) < 4.78 is 0. The van der Waals surface area contributed by atoms with Crippen molar-refractivity contribution in [2.24, 2.45) is 5.16 Å². The lowest BCUT2D eigenvalue weighted by atomic mass is 10.2. The van der Waals surface area contributed by atoms with Gasteiger partial charge in [-0.3, -0.25) is 0 Å². The van der Waals surface area contributed by atoms with E-state index in [2.05, 4.69) is 29.4 Å². The van der Waals surface area contributed by atoms with Crippen LogP contribution in [0, 0.1) is 0 Å². The lowest BCUT2D eigenvalue weighted by Crippen LogP contribution is -1.90. The molecule has 0 saturated carbocycles. The fraction of sp³-hybridized carbons (Fsp3) is 0.0625. The van der Waals surface area contributed by atoms with Crippen molar-refractivity contribution in [1.82, 2.24) is 0 Å². The fourth-order valence-corrected chi connectivity index (χ4v) is 2.62. The van der Waals surface area contributed by atoms with Gasteiger partial charge in [0.15, 0.2) is 0 Å². The molecule has 0 fully saturated rings. The van der Waals surface area contributed by atoms with Gasteiger partial charge in [0.05, 0.1) is 0 Å². The molecule has 0 aliphatic carbocycles. The molecule has 94 valence electrons. The lowest BCUT2D eigenvalue weighted by Gasteiger charge is -2.05. The van der Waals surface area contributed by atoms with Crippen LogP contribution in [0.4, 0.5) is 0 Å². The van der Waals surface area contributed by atoms with Gasteiger partial charge in [-0.25, -0.2) is 0 Å². The molecule has 0 saturated heterocycles. The van der Waals surface area contributed by atoms with Crippen LogP contribution in [0.25, 0.3) is 6.08 Å². The third-order valence-corrected chi connectivity index (χ3v) is 3.78. The molecule has 2 nitrogen and oxygen atoms in total. The van der Waals surface area contributed by atoms with Crippen molar-refractivity contribution in [3.63, 3.8) is 0 Å². The summed E-state index contributed by atoms with van der Waals surface area (Å²) in [5, 5.41) is 5.00. The minimum Gasteiger partial charge on any atom is -0.375 e. The van der Waals surface area contributed by atoms with Crippen molar-refractivity contribution < 1.29 is 4.84 Å². The van der Waals surface area contributed by atoms with Crippen molar-refractivity contribution >= 4 is 22.9 Å². The molecule has 0 amide bonds. The number of hydrogen-bond donors (Lipinski definition) is 0. The van der Waals surface area contributed by atoms with Gasteiger partial charge < -0.3 is 4.84 Å². The second-order valence-electron chi connectivity index (χ2n) is 4.14. The Hall–Kier alpha value is -2.00. The normalized spacial score (nSPS) is 18.3. The maximum Gasteiger partial charge on any atom is 0.204 e. The van der Waals surface area contributed by atoms with Crippen LogP contribution in [0.15, 0.2) is 71.9 Å². The highest BCUT2D eigenvalue weighted by Crippen LogP contribution is 2.36. The topological polar surface area (TPSA) is 21.6 Å². The van der Waals surface area contributed by atoms with Crippen molar-refractivity contribution in [3.8, 4) is 0 Å². The third kappa shape index (κ3) is 3.06. The first-order valence-electron chi connectivity index (χ1n) is 6.10. The highest BCUT2D eigenvalue weighted by Gasteiger charge is 2.21. The quantitative estimate of drug-likeness (QED) is 0.818. The first-order valence-corrected chi connectivity index (χ1v) is 6.98. The Kier molecular flexibility index (Phi) is 3.65. The van der Waals surface area contributed by atoms with E-state index < -0.39 is 0 Å². The van der Waals surface area contributed by atoms with Crippen LogP contribution in [0.5, 0.6) is 0 Å². The Labute approximate surface area is 116 Å². The molecule has 0 aromatic heterocycles. The van der Waals surface area contributed by atoms with E-state index in [1.54, 1.807) is 11.8 Å². The van der Waals surface area contributed by atoms with Gasteiger partial charge in [-0.15, -0.1) is 0 Å². The van der Waals surface area contributed by atoms with E-state index in [9.17, 15) is 0 Å². The molecule has 2 aromatic carbocycles. The van der Waals surface area contributed by atoms with Crippen LogP contribution in [-0.4, -0.2) is 5.04 Å². The highest BCUT2D eigenvalue weighted by atomic mass is 32.2. The number of nitrogens with zero attached hydrogens (tertiary/aromatic N) is 1. The van der Waals surface area contributed by atoms with Crippen LogP contribution in [0.1, 0.15) is 16.6 Å². The van der Waals surface area contributed by atoms with Crippen molar-refractivity contribution in [1.29, 1.82) is 0 Å². The summed E-state index contributed by atoms with van der Waals surface area (Å²) >= 11 is 1.62. The molecule has 0 N–H and O–H groups in total. The monoisotopic (exact) mass is 267 g/mol. The Balaban J connectivity index is 1.65. The van der Waals surface area contributed by atoms with E-state index >= 15 is 0 Å². The van der Waals surface area contributed by atoms with Crippen molar-refractivity contribution in [3.05, 3.63) is 77.9 Å². The Bertz CT molecular complexity index is 593. The molecular formula is C16H13NOS. The van der Waals surface area contributed by atoms with E-state index in [1.807, 2.05) is 48.6 Å². The molecule has 3 heteroatoms. The summed E-state index contributed by atoms with van der Waals surface area (Å²) in [6.07, 6.45) is 4.03.